The first kappa shape index (κ1) is 15.1. The van der Waals surface area contributed by atoms with Crippen molar-refractivity contribution in [2.45, 2.75) is 30.2 Å². The molecule has 0 aliphatic carbocycles. The predicted octanol–water partition coefficient (Wildman–Crippen LogP) is 0.592. The van der Waals surface area contributed by atoms with Gasteiger partial charge in [0.15, 0.2) is 15.7 Å². The Morgan fingerprint density at radius 2 is 1.91 bits per heavy atom. The van der Waals surface area contributed by atoms with E-state index in [4.69, 9.17) is 0 Å². The molecule has 0 bridgehead atoms. The number of nitrogens with one attached hydrogen (secondary N) is 1. The van der Waals surface area contributed by atoms with Crippen LogP contribution in [0.25, 0.3) is 0 Å². The molecule has 1 aromatic heterocycles. The third-order valence-corrected chi connectivity index (χ3v) is 4.98. The van der Waals surface area contributed by atoms with Crippen molar-refractivity contribution in [3.63, 3.8) is 0 Å². The van der Waals surface area contributed by atoms with Gasteiger partial charge in [0.05, 0.1) is 11.4 Å². The highest BCUT2D eigenvalue weighted by Gasteiger charge is 2.19. The van der Waals surface area contributed by atoms with Gasteiger partial charge in [-0.3, -0.25) is 0 Å². The Morgan fingerprint density at radius 3 is 2.55 bits per heavy atom. The molecule has 3 rings (SSSR count). The van der Waals surface area contributed by atoms with E-state index in [1.165, 1.54) is 6.26 Å². The lowest BCUT2D eigenvalue weighted by Gasteiger charge is -2.19. The largest absolute Gasteiger partial charge is 0.317 e. The quantitative estimate of drug-likeness (QED) is 0.886. The van der Waals surface area contributed by atoms with Crippen LogP contribution in [0.15, 0.2) is 29.2 Å². The molecule has 0 atom stereocenters. The van der Waals surface area contributed by atoms with Crippen molar-refractivity contribution < 1.29 is 8.42 Å². The van der Waals surface area contributed by atoms with E-state index in [1.807, 2.05) is 0 Å². The van der Waals surface area contributed by atoms with Crippen LogP contribution in [0.3, 0.4) is 0 Å². The standard InChI is InChI=1S/C14H19N5O2S/c1-22(20,21)13-4-2-11(3-5-13)10-19-17-14(16-18-19)12-6-8-15-9-7-12/h2-5,12,15H,6-10H2,1H3. The molecule has 1 aliphatic heterocycles. The summed E-state index contributed by atoms with van der Waals surface area (Å²) in [5.74, 6) is 1.18. The molecule has 1 aliphatic rings. The van der Waals surface area contributed by atoms with Crippen molar-refractivity contribution in [1.82, 2.24) is 25.5 Å². The van der Waals surface area contributed by atoms with Crippen LogP contribution in [0.2, 0.25) is 0 Å². The van der Waals surface area contributed by atoms with Gasteiger partial charge in [-0.1, -0.05) is 12.1 Å². The second-order valence-corrected chi connectivity index (χ2v) is 7.63. The van der Waals surface area contributed by atoms with Gasteiger partial charge in [0.2, 0.25) is 0 Å². The highest BCUT2D eigenvalue weighted by atomic mass is 32.2. The van der Waals surface area contributed by atoms with Gasteiger partial charge in [0.25, 0.3) is 0 Å². The van der Waals surface area contributed by atoms with Crippen molar-refractivity contribution in [2.24, 2.45) is 0 Å². The summed E-state index contributed by atoms with van der Waals surface area (Å²) in [4.78, 5) is 1.88. The van der Waals surface area contributed by atoms with E-state index < -0.39 is 9.84 Å². The minimum Gasteiger partial charge on any atom is -0.317 e. The van der Waals surface area contributed by atoms with Gasteiger partial charge in [-0.25, -0.2) is 8.42 Å². The van der Waals surface area contributed by atoms with Crippen LogP contribution in [0.4, 0.5) is 0 Å². The van der Waals surface area contributed by atoms with Crippen LogP contribution in [0.1, 0.15) is 30.1 Å². The smallest absolute Gasteiger partial charge is 0.177 e. The van der Waals surface area contributed by atoms with E-state index >= 15 is 0 Å². The van der Waals surface area contributed by atoms with Crippen molar-refractivity contribution in [1.29, 1.82) is 0 Å². The van der Waals surface area contributed by atoms with Gasteiger partial charge in [-0.15, -0.1) is 10.2 Å². The molecule has 1 N–H and O–H groups in total. The molecular weight excluding hydrogens is 302 g/mol. The number of benzene rings is 1. The first-order valence-corrected chi connectivity index (χ1v) is 9.19. The van der Waals surface area contributed by atoms with Gasteiger partial charge in [-0.2, -0.15) is 4.80 Å². The van der Waals surface area contributed by atoms with E-state index in [0.29, 0.717) is 17.4 Å². The summed E-state index contributed by atoms with van der Waals surface area (Å²) >= 11 is 0. The molecule has 1 aromatic carbocycles. The monoisotopic (exact) mass is 321 g/mol. The minimum atomic E-state index is -3.16. The van der Waals surface area contributed by atoms with E-state index in [-0.39, 0.29) is 0 Å². The zero-order valence-electron chi connectivity index (χ0n) is 12.4. The van der Waals surface area contributed by atoms with Crippen LogP contribution in [-0.4, -0.2) is 48.0 Å². The molecule has 2 aromatic rings. The topological polar surface area (TPSA) is 89.8 Å². The predicted molar refractivity (Wildman–Crippen MR) is 81.3 cm³/mol. The van der Waals surface area contributed by atoms with Crippen LogP contribution >= 0.6 is 0 Å². The van der Waals surface area contributed by atoms with Crippen LogP contribution in [0.5, 0.6) is 0 Å². The highest BCUT2D eigenvalue weighted by molar-refractivity contribution is 7.90. The maximum atomic E-state index is 11.4. The Kier molecular flexibility index (Phi) is 4.21. The van der Waals surface area contributed by atoms with Crippen LogP contribution in [0, 0.1) is 0 Å². The van der Waals surface area contributed by atoms with Gasteiger partial charge in [0, 0.05) is 12.2 Å². The maximum Gasteiger partial charge on any atom is 0.177 e. The lowest BCUT2D eigenvalue weighted by Crippen LogP contribution is -2.27. The number of sulfone groups is 1. The fourth-order valence-corrected chi connectivity index (χ4v) is 3.20. The van der Waals surface area contributed by atoms with Gasteiger partial charge >= 0.3 is 0 Å². The Morgan fingerprint density at radius 1 is 1.23 bits per heavy atom. The van der Waals surface area contributed by atoms with Crippen LogP contribution in [-0.2, 0) is 16.4 Å². The average molecular weight is 321 g/mol. The van der Waals surface area contributed by atoms with Crippen molar-refractivity contribution >= 4 is 9.84 Å². The molecule has 118 valence electrons. The summed E-state index contributed by atoms with van der Waals surface area (Å²) in [5, 5.41) is 16.0. The van der Waals surface area contributed by atoms with Crippen molar-refractivity contribution in [3.8, 4) is 0 Å². The number of rotatable bonds is 4. The summed E-state index contributed by atoms with van der Waals surface area (Å²) in [6.45, 7) is 2.47. The SMILES string of the molecule is CS(=O)(=O)c1ccc(Cn2nnc(C3CCNCC3)n2)cc1. The molecule has 0 radical (unpaired) electrons. The van der Waals surface area contributed by atoms with Crippen molar-refractivity contribution in [2.75, 3.05) is 19.3 Å². The summed E-state index contributed by atoms with van der Waals surface area (Å²) < 4.78 is 22.9. The number of hydrogen-bond donors (Lipinski definition) is 1. The molecule has 8 heteroatoms. The zero-order valence-corrected chi connectivity index (χ0v) is 13.3. The summed E-state index contributed by atoms with van der Waals surface area (Å²) in [6.07, 6.45) is 3.27. The molecule has 22 heavy (non-hydrogen) atoms. The number of tetrazole rings is 1. The van der Waals surface area contributed by atoms with Gasteiger partial charge in [-0.05, 0) is 48.8 Å². The fraction of sp³-hybridized carbons (Fsp3) is 0.500. The molecule has 1 fully saturated rings. The molecule has 7 nitrogen and oxygen atoms in total. The molecule has 1 saturated heterocycles. The summed E-state index contributed by atoms with van der Waals surface area (Å²) in [6, 6.07) is 6.78. The third kappa shape index (κ3) is 3.50. The maximum absolute atomic E-state index is 11.4. The average Bonchev–Trinajstić information content (AvgIpc) is 2.96. The van der Waals surface area contributed by atoms with Gasteiger partial charge < -0.3 is 5.32 Å². The highest BCUT2D eigenvalue weighted by Crippen LogP contribution is 2.21. The first-order valence-electron chi connectivity index (χ1n) is 7.30. The zero-order chi connectivity index (χ0) is 15.6. The Labute approximate surface area is 129 Å². The Bertz CT molecular complexity index is 733. The number of aromatic nitrogens is 4. The van der Waals surface area contributed by atoms with E-state index in [9.17, 15) is 8.42 Å². The lowest BCUT2D eigenvalue weighted by atomic mass is 9.98. The second kappa shape index (κ2) is 6.13. The summed E-state index contributed by atoms with van der Waals surface area (Å²) in [7, 11) is -3.16. The van der Waals surface area contributed by atoms with E-state index in [2.05, 4.69) is 20.7 Å². The fourth-order valence-electron chi connectivity index (χ4n) is 2.57. The second-order valence-electron chi connectivity index (χ2n) is 5.62. The Balaban J connectivity index is 1.69. The molecule has 0 amide bonds. The molecule has 0 unspecified atom stereocenters. The molecule has 0 saturated carbocycles. The third-order valence-electron chi connectivity index (χ3n) is 3.85. The van der Waals surface area contributed by atoms with E-state index in [1.54, 1.807) is 29.1 Å². The number of hydrogen-bond acceptors (Lipinski definition) is 6. The normalized spacial score (nSPS) is 16.8. The number of nitrogens with zero attached hydrogens (tertiary/aromatic N) is 4. The van der Waals surface area contributed by atoms with Gasteiger partial charge in [0.1, 0.15) is 0 Å². The van der Waals surface area contributed by atoms with Crippen molar-refractivity contribution in [3.05, 3.63) is 35.7 Å². The molecule has 2 heterocycles. The minimum absolute atomic E-state index is 0.318. The van der Waals surface area contributed by atoms with E-state index in [0.717, 1.165) is 37.3 Å². The lowest BCUT2D eigenvalue weighted by molar-refractivity contribution is 0.442. The Hall–Kier alpha value is -1.80. The van der Waals surface area contributed by atoms with Crippen LogP contribution < -0.4 is 5.32 Å². The summed E-state index contributed by atoms with van der Waals surface area (Å²) in [5.41, 5.74) is 0.946. The number of piperidine rings is 1. The molecule has 0 spiro atoms. The first-order chi connectivity index (χ1) is 10.5. The molecular formula is C14H19N5O2S.